The molecule has 2 aromatic carbocycles. The highest BCUT2D eigenvalue weighted by molar-refractivity contribution is 5.87. The van der Waals surface area contributed by atoms with Crippen LogP contribution in [0.4, 0.5) is 0 Å². The van der Waals surface area contributed by atoms with Crippen LogP contribution in [0.25, 0.3) is 0 Å². The highest BCUT2D eigenvalue weighted by Crippen LogP contribution is 2.19. The van der Waals surface area contributed by atoms with Crippen LogP contribution in [0.5, 0.6) is 0 Å². The number of rotatable bonds is 6. The van der Waals surface area contributed by atoms with Gasteiger partial charge >= 0.3 is 0 Å². The minimum atomic E-state index is 0.115. The zero-order valence-electron chi connectivity index (χ0n) is 12.9. The van der Waals surface area contributed by atoms with Crippen LogP contribution in [-0.4, -0.2) is 24.9 Å². The fraction of sp³-hybridized carbons (Fsp3) is 0.316. The van der Waals surface area contributed by atoms with Crippen molar-refractivity contribution in [1.29, 1.82) is 0 Å². The Morgan fingerprint density at radius 1 is 1.05 bits per heavy atom. The third-order valence-electron chi connectivity index (χ3n) is 4.12. The summed E-state index contributed by atoms with van der Waals surface area (Å²) in [5.74, 6) is 0. The number of nitrogens with zero attached hydrogens (tertiary/aromatic N) is 1. The van der Waals surface area contributed by atoms with Gasteiger partial charge in [-0.1, -0.05) is 65.8 Å². The highest BCUT2D eigenvalue weighted by atomic mass is 16.6. The molecule has 114 valence electrons. The Morgan fingerprint density at radius 2 is 1.68 bits per heavy atom. The fourth-order valence-electron chi connectivity index (χ4n) is 2.89. The van der Waals surface area contributed by atoms with E-state index in [1.807, 2.05) is 19.2 Å². The van der Waals surface area contributed by atoms with Gasteiger partial charge < -0.3 is 10.2 Å². The normalized spacial score (nSPS) is 18.6. The van der Waals surface area contributed by atoms with Gasteiger partial charge in [0, 0.05) is 12.8 Å². The maximum absolute atomic E-state index is 5.69. The third-order valence-corrected chi connectivity index (χ3v) is 4.12. The van der Waals surface area contributed by atoms with E-state index in [2.05, 4.69) is 59.0 Å². The molecule has 1 N–H and O–H groups in total. The molecule has 0 aromatic heterocycles. The average Bonchev–Trinajstić information content (AvgIpc) is 3.03. The molecule has 1 aliphatic rings. The molecule has 22 heavy (non-hydrogen) atoms. The summed E-state index contributed by atoms with van der Waals surface area (Å²) in [6.45, 7) is 0. The summed E-state index contributed by atoms with van der Waals surface area (Å²) < 4.78 is 0. The topological polar surface area (TPSA) is 33.6 Å². The van der Waals surface area contributed by atoms with Crippen molar-refractivity contribution >= 4 is 5.71 Å². The van der Waals surface area contributed by atoms with Crippen LogP contribution in [0.15, 0.2) is 65.8 Å². The number of likely N-dealkylation sites (N-methyl/N-ethyl adjacent to an activating group) is 1. The lowest BCUT2D eigenvalue weighted by Crippen LogP contribution is -2.39. The van der Waals surface area contributed by atoms with E-state index in [-0.39, 0.29) is 12.1 Å². The van der Waals surface area contributed by atoms with Gasteiger partial charge in [-0.15, -0.1) is 0 Å². The maximum Gasteiger partial charge on any atom is 0.148 e. The van der Waals surface area contributed by atoms with Gasteiger partial charge in [0.1, 0.15) is 6.10 Å². The summed E-state index contributed by atoms with van der Waals surface area (Å²) in [7, 11) is 1.99. The standard InChI is InChI=1S/C19H22N2O/c1-20-18(13-16-10-6-3-7-11-16)19-14-17(21-22-19)12-15-8-4-2-5-9-15/h2-11,18-20H,12-14H2,1H3. The van der Waals surface area contributed by atoms with Crippen molar-refractivity contribution < 1.29 is 4.84 Å². The number of hydrogen-bond donors (Lipinski definition) is 1. The Morgan fingerprint density at radius 3 is 2.32 bits per heavy atom. The van der Waals surface area contributed by atoms with Crippen LogP contribution < -0.4 is 5.32 Å². The van der Waals surface area contributed by atoms with E-state index in [0.29, 0.717) is 0 Å². The lowest BCUT2D eigenvalue weighted by Gasteiger charge is -2.21. The first-order valence-electron chi connectivity index (χ1n) is 7.82. The van der Waals surface area contributed by atoms with E-state index in [4.69, 9.17) is 4.84 Å². The maximum atomic E-state index is 5.69. The van der Waals surface area contributed by atoms with Crippen molar-refractivity contribution in [2.24, 2.45) is 5.16 Å². The van der Waals surface area contributed by atoms with E-state index >= 15 is 0 Å². The van der Waals surface area contributed by atoms with Crippen molar-refractivity contribution in [2.75, 3.05) is 7.05 Å². The van der Waals surface area contributed by atoms with Gasteiger partial charge in [-0.3, -0.25) is 0 Å². The van der Waals surface area contributed by atoms with Crippen LogP contribution in [-0.2, 0) is 17.7 Å². The molecule has 3 heteroatoms. The van der Waals surface area contributed by atoms with E-state index in [0.717, 1.165) is 25.0 Å². The van der Waals surface area contributed by atoms with Gasteiger partial charge in [0.05, 0.1) is 11.8 Å². The Kier molecular flexibility index (Phi) is 4.86. The van der Waals surface area contributed by atoms with Crippen LogP contribution in [0, 0.1) is 0 Å². The first-order valence-corrected chi connectivity index (χ1v) is 7.82. The molecular weight excluding hydrogens is 272 g/mol. The van der Waals surface area contributed by atoms with Crippen molar-refractivity contribution in [1.82, 2.24) is 5.32 Å². The fourth-order valence-corrected chi connectivity index (χ4v) is 2.89. The SMILES string of the molecule is CNC(Cc1ccccc1)C1CC(Cc2ccccc2)=NO1. The van der Waals surface area contributed by atoms with Crippen molar-refractivity contribution in [3.05, 3.63) is 71.8 Å². The van der Waals surface area contributed by atoms with Crippen LogP contribution in [0.3, 0.4) is 0 Å². The van der Waals surface area contributed by atoms with Gasteiger partial charge in [-0.25, -0.2) is 0 Å². The number of benzene rings is 2. The largest absolute Gasteiger partial charge is 0.390 e. The molecule has 0 radical (unpaired) electrons. The molecule has 0 fully saturated rings. The molecule has 2 atom stereocenters. The summed E-state index contributed by atoms with van der Waals surface area (Å²) in [4.78, 5) is 5.69. The van der Waals surface area contributed by atoms with Gasteiger partial charge in [-0.2, -0.15) is 0 Å². The molecular formula is C19H22N2O. The van der Waals surface area contributed by atoms with Gasteiger partial charge in [-0.05, 0) is 24.6 Å². The van der Waals surface area contributed by atoms with Crippen molar-refractivity contribution in [3.8, 4) is 0 Å². The summed E-state index contributed by atoms with van der Waals surface area (Å²) in [5.41, 5.74) is 3.74. The zero-order chi connectivity index (χ0) is 15.2. The van der Waals surface area contributed by atoms with E-state index < -0.39 is 0 Å². The first-order chi connectivity index (χ1) is 10.8. The second-order valence-corrected chi connectivity index (χ2v) is 5.75. The second-order valence-electron chi connectivity index (χ2n) is 5.75. The molecule has 2 unspecified atom stereocenters. The Hall–Kier alpha value is -2.13. The summed E-state index contributed by atoms with van der Waals surface area (Å²) >= 11 is 0. The van der Waals surface area contributed by atoms with Crippen molar-refractivity contribution in [3.63, 3.8) is 0 Å². The molecule has 3 nitrogen and oxygen atoms in total. The molecule has 0 saturated carbocycles. The molecule has 0 bridgehead atoms. The quantitative estimate of drug-likeness (QED) is 0.887. The van der Waals surface area contributed by atoms with Gasteiger partial charge in [0.15, 0.2) is 0 Å². The summed E-state index contributed by atoms with van der Waals surface area (Å²) in [6, 6.07) is 21.2. The Bertz CT molecular complexity index is 610. The number of oxime groups is 1. The number of nitrogens with one attached hydrogen (secondary N) is 1. The van der Waals surface area contributed by atoms with E-state index in [9.17, 15) is 0 Å². The highest BCUT2D eigenvalue weighted by Gasteiger charge is 2.28. The minimum absolute atomic E-state index is 0.115. The Labute approximate surface area is 132 Å². The molecule has 1 heterocycles. The average molecular weight is 294 g/mol. The van der Waals surface area contributed by atoms with Gasteiger partial charge in [0.25, 0.3) is 0 Å². The van der Waals surface area contributed by atoms with Crippen LogP contribution in [0.2, 0.25) is 0 Å². The molecule has 1 aliphatic heterocycles. The molecule has 0 saturated heterocycles. The molecule has 0 amide bonds. The van der Waals surface area contributed by atoms with Crippen molar-refractivity contribution in [2.45, 2.75) is 31.4 Å². The van der Waals surface area contributed by atoms with Gasteiger partial charge in [0.2, 0.25) is 0 Å². The third kappa shape index (κ3) is 3.74. The minimum Gasteiger partial charge on any atom is -0.390 e. The summed E-state index contributed by atoms with van der Waals surface area (Å²) in [6.07, 6.45) is 2.84. The van der Waals surface area contributed by atoms with Crippen LogP contribution >= 0.6 is 0 Å². The smallest absolute Gasteiger partial charge is 0.148 e. The molecule has 0 aliphatic carbocycles. The lowest BCUT2D eigenvalue weighted by molar-refractivity contribution is 0.0574. The van der Waals surface area contributed by atoms with E-state index in [1.165, 1.54) is 11.1 Å². The first kappa shape index (κ1) is 14.8. The second kappa shape index (κ2) is 7.23. The Balaban J connectivity index is 1.57. The number of hydrogen-bond acceptors (Lipinski definition) is 3. The summed E-state index contributed by atoms with van der Waals surface area (Å²) in [5, 5.41) is 7.68. The molecule has 0 spiro atoms. The predicted octanol–water partition coefficient (Wildman–Crippen LogP) is 3.20. The van der Waals surface area contributed by atoms with E-state index in [1.54, 1.807) is 0 Å². The van der Waals surface area contributed by atoms with Crippen LogP contribution in [0.1, 0.15) is 17.5 Å². The predicted molar refractivity (Wildman–Crippen MR) is 90.1 cm³/mol. The monoisotopic (exact) mass is 294 g/mol. The zero-order valence-corrected chi connectivity index (χ0v) is 12.9. The molecule has 2 aromatic rings. The molecule has 3 rings (SSSR count). The lowest BCUT2D eigenvalue weighted by atomic mass is 9.96.